The molecule has 2 N–H and O–H groups in total. The van der Waals surface area contributed by atoms with Gasteiger partial charge in [0, 0.05) is 30.3 Å². The van der Waals surface area contributed by atoms with Crippen molar-refractivity contribution in [2.45, 2.75) is 56.5 Å². The molecule has 4 aliphatic carbocycles. The molecule has 1 heterocycles. The van der Waals surface area contributed by atoms with E-state index in [2.05, 4.69) is 10.0 Å². The zero-order valence-corrected chi connectivity index (χ0v) is 18.7. The topological polar surface area (TPSA) is 78.5 Å². The number of nitrogens with one attached hydrogen (secondary N) is 2. The van der Waals surface area contributed by atoms with Crippen LogP contribution in [0.3, 0.4) is 0 Å². The Hall–Kier alpha value is -0.900. The van der Waals surface area contributed by atoms with E-state index in [-0.39, 0.29) is 30.1 Å². The maximum absolute atomic E-state index is 13.3. The third-order valence-corrected chi connectivity index (χ3v) is 10.4. The van der Waals surface area contributed by atoms with E-state index < -0.39 is 10.0 Å². The Morgan fingerprint density at radius 1 is 1.23 bits per heavy atom. The van der Waals surface area contributed by atoms with Crippen molar-refractivity contribution in [3.63, 3.8) is 0 Å². The predicted octanol–water partition coefficient (Wildman–Crippen LogP) is 2.51. The van der Waals surface area contributed by atoms with Crippen molar-refractivity contribution in [3.05, 3.63) is 22.9 Å². The van der Waals surface area contributed by atoms with Gasteiger partial charge in [0.2, 0.25) is 15.9 Å². The van der Waals surface area contributed by atoms with Gasteiger partial charge >= 0.3 is 0 Å². The fourth-order valence-corrected chi connectivity index (χ4v) is 8.96. The number of fused-ring (bicyclic) bond motifs is 1. The van der Waals surface area contributed by atoms with Crippen LogP contribution in [0.1, 0.15) is 44.9 Å². The number of rotatable bonds is 6. The number of sulfonamides is 1. The van der Waals surface area contributed by atoms with E-state index in [1.54, 1.807) is 11.8 Å². The van der Waals surface area contributed by atoms with Gasteiger partial charge in [-0.2, -0.15) is 0 Å². The summed E-state index contributed by atoms with van der Waals surface area (Å²) in [6.07, 6.45) is 7.93. The highest BCUT2D eigenvalue weighted by atomic mass is 32.2. The third kappa shape index (κ3) is 3.87. The number of nitrogens with zero attached hydrogens (tertiary/aromatic N) is 1. The highest BCUT2D eigenvalue weighted by molar-refractivity contribution is 7.99. The van der Waals surface area contributed by atoms with Crippen LogP contribution in [0.25, 0.3) is 0 Å². The summed E-state index contributed by atoms with van der Waals surface area (Å²) in [6, 6.07) is 0.341. The van der Waals surface area contributed by atoms with Crippen molar-refractivity contribution < 1.29 is 17.6 Å². The van der Waals surface area contributed by atoms with Crippen molar-refractivity contribution in [3.8, 4) is 0 Å². The molecule has 5 rings (SSSR count). The quantitative estimate of drug-likeness (QED) is 0.644. The number of thioether (sulfide) groups is 1. The molecular formula is C21H30FN3O3S2. The lowest BCUT2D eigenvalue weighted by atomic mass is 9.59. The van der Waals surface area contributed by atoms with Crippen LogP contribution in [-0.4, -0.2) is 55.5 Å². The van der Waals surface area contributed by atoms with E-state index in [0.29, 0.717) is 35.2 Å². The molecule has 0 aromatic heterocycles. The fraction of sp³-hybridized carbons (Fsp3) is 0.762. The monoisotopic (exact) mass is 455 g/mol. The molecule has 1 saturated heterocycles. The van der Waals surface area contributed by atoms with Crippen LogP contribution in [0.15, 0.2) is 22.9 Å². The summed E-state index contributed by atoms with van der Waals surface area (Å²) in [5.41, 5.74) is -0.317. The van der Waals surface area contributed by atoms with Crippen LogP contribution < -0.4 is 10.0 Å². The molecule has 9 heteroatoms. The van der Waals surface area contributed by atoms with E-state index in [1.165, 1.54) is 12.2 Å². The lowest BCUT2D eigenvalue weighted by Gasteiger charge is -2.53. The Labute approximate surface area is 182 Å². The van der Waals surface area contributed by atoms with Crippen molar-refractivity contribution >= 4 is 27.7 Å². The Bertz CT molecular complexity index is 880. The first kappa shape index (κ1) is 21.0. The molecule has 2 bridgehead atoms. The van der Waals surface area contributed by atoms with Crippen molar-refractivity contribution in [2.75, 3.05) is 24.7 Å². The summed E-state index contributed by atoms with van der Waals surface area (Å²) in [6.45, 7) is 1.26. The molecule has 4 fully saturated rings. The molecule has 5 unspecified atom stereocenters. The van der Waals surface area contributed by atoms with Crippen LogP contribution in [-0.2, 0) is 14.8 Å². The number of carbonyl (C=O) groups excluding carboxylic acids is 1. The predicted molar refractivity (Wildman–Crippen MR) is 116 cm³/mol. The van der Waals surface area contributed by atoms with Crippen LogP contribution in [0.2, 0.25) is 0 Å². The van der Waals surface area contributed by atoms with Crippen LogP contribution in [0.4, 0.5) is 4.39 Å². The van der Waals surface area contributed by atoms with E-state index in [1.807, 2.05) is 4.90 Å². The van der Waals surface area contributed by atoms with Crippen molar-refractivity contribution in [1.29, 1.82) is 0 Å². The number of allylic oxidation sites excluding steroid dienone is 4. The molecule has 166 valence electrons. The normalized spacial score (nSPS) is 38.0. The van der Waals surface area contributed by atoms with Gasteiger partial charge in [-0.1, -0.05) is 0 Å². The molecule has 0 spiro atoms. The van der Waals surface area contributed by atoms with Gasteiger partial charge in [0.1, 0.15) is 5.83 Å². The molecule has 30 heavy (non-hydrogen) atoms. The summed E-state index contributed by atoms with van der Waals surface area (Å²) in [4.78, 5) is 14.6. The smallest absolute Gasteiger partial charge is 0.237 e. The third-order valence-electron chi connectivity index (χ3n) is 7.74. The Morgan fingerprint density at radius 2 is 2.10 bits per heavy atom. The summed E-state index contributed by atoms with van der Waals surface area (Å²) in [5.74, 6) is 3.14. The lowest BCUT2D eigenvalue weighted by molar-refractivity contribution is -0.129. The summed E-state index contributed by atoms with van der Waals surface area (Å²) >= 11 is 1.80. The molecule has 6 nitrogen and oxygen atoms in total. The first-order valence-electron chi connectivity index (χ1n) is 11.0. The average Bonchev–Trinajstić information content (AvgIpc) is 3.27. The summed E-state index contributed by atoms with van der Waals surface area (Å²) < 4.78 is 42.2. The number of hydrogen-bond acceptors (Lipinski definition) is 5. The minimum Gasteiger partial charge on any atom is -0.332 e. The van der Waals surface area contributed by atoms with Gasteiger partial charge in [-0.15, -0.1) is 11.8 Å². The van der Waals surface area contributed by atoms with E-state index in [4.69, 9.17) is 0 Å². The molecule has 0 aromatic rings. The molecule has 3 saturated carbocycles. The number of hydrogen-bond donors (Lipinski definition) is 2. The molecule has 1 aliphatic heterocycles. The average molecular weight is 456 g/mol. The van der Waals surface area contributed by atoms with Crippen molar-refractivity contribution in [1.82, 2.24) is 14.9 Å². The molecular weight excluding hydrogens is 425 g/mol. The van der Waals surface area contributed by atoms with E-state index in [9.17, 15) is 17.6 Å². The van der Waals surface area contributed by atoms with Gasteiger partial charge in [-0.05, 0) is 68.4 Å². The minimum atomic E-state index is -3.57. The van der Waals surface area contributed by atoms with Gasteiger partial charge in [0.05, 0.1) is 17.3 Å². The van der Waals surface area contributed by atoms with E-state index >= 15 is 0 Å². The van der Waals surface area contributed by atoms with Gasteiger partial charge < -0.3 is 10.2 Å². The fourth-order valence-electron chi connectivity index (χ4n) is 6.38. The molecule has 5 aliphatic rings. The number of carbonyl (C=O) groups is 1. The molecule has 1 amide bonds. The first-order valence-corrected chi connectivity index (χ1v) is 13.7. The highest BCUT2D eigenvalue weighted by Gasteiger charge is 2.62. The van der Waals surface area contributed by atoms with Gasteiger partial charge in [-0.25, -0.2) is 17.5 Å². The highest BCUT2D eigenvalue weighted by Crippen LogP contribution is 2.61. The second-order valence-electron chi connectivity index (χ2n) is 9.63. The largest absolute Gasteiger partial charge is 0.332 e. The van der Waals surface area contributed by atoms with Crippen molar-refractivity contribution in [2.24, 2.45) is 17.8 Å². The maximum Gasteiger partial charge on any atom is 0.237 e. The zero-order valence-electron chi connectivity index (χ0n) is 17.1. The SMILES string of the molecule is O=C(CNC1CC2CC3C(C1)CC3(NS(=O)(=O)C1=CC=C(F)CC1)C2)N1CCSC1. The van der Waals surface area contributed by atoms with Gasteiger partial charge in [-0.3, -0.25) is 4.79 Å². The maximum atomic E-state index is 13.3. The first-order chi connectivity index (χ1) is 14.3. The number of halogens is 1. The lowest BCUT2D eigenvalue weighted by Crippen LogP contribution is -2.63. The second-order valence-corrected chi connectivity index (χ2v) is 12.4. The Morgan fingerprint density at radius 3 is 2.83 bits per heavy atom. The summed E-state index contributed by atoms with van der Waals surface area (Å²) in [5, 5.41) is 3.50. The molecule has 0 aromatic carbocycles. The second kappa shape index (κ2) is 7.90. The standard InChI is InChI=1S/C21H30FN3O3S2/c22-16-1-3-18(4-2-16)30(27,28)24-21-10-14-7-17(9-15(11-21)19(21)8-14)23-12-20(26)25-5-6-29-13-25/h1,3,14-15,17,19,23-24H,2,4-13H2. The molecule has 5 atom stereocenters. The Balaban J connectivity index is 1.19. The van der Waals surface area contributed by atoms with Gasteiger partial charge in [0.25, 0.3) is 0 Å². The number of amides is 1. The van der Waals surface area contributed by atoms with Gasteiger partial charge in [0.15, 0.2) is 0 Å². The summed E-state index contributed by atoms with van der Waals surface area (Å²) in [7, 11) is -3.57. The van der Waals surface area contributed by atoms with Crippen LogP contribution in [0, 0.1) is 17.8 Å². The van der Waals surface area contributed by atoms with Crippen LogP contribution in [0.5, 0.6) is 0 Å². The van der Waals surface area contributed by atoms with Crippen LogP contribution >= 0.6 is 11.8 Å². The van der Waals surface area contributed by atoms with E-state index in [0.717, 1.165) is 50.3 Å². The minimum absolute atomic E-state index is 0.163. The zero-order chi connectivity index (χ0) is 20.9. The molecule has 0 radical (unpaired) electrons. The Kier molecular flexibility index (Phi) is 5.52.